The molecule has 1 aliphatic carbocycles. The smallest absolute Gasteiger partial charge is 0.268 e. The first-order valence-electron chi connectivity index (χ1n) is 8.30. The van der Waals surface area contributed by atoms with Crippen LogP contribution in [0.3, 0.4) is 0 Å². The van der Waals surface area contributed by atoms with Crippen molar-refractivity contribution in [1.82, 2.24) is 9.72 Å². The van der Waals surface area contributed by atoms with Gasteiger partial charge >= 0.3 is 0 Å². The molecule has 2 aromatic heterocycles. The number of fused-ring (bicyclic) bond motifs is 2. The van der Waals surface area contributed by atoms with Crippen molar-refractivity contribution in [2.45, 2.75) is 25.3 Å². The molecule has 0 spiro atoms. The third-order valence-electron chi connectivity index (χ3n) is 4.77. The summed E-state index contributed by atoms with van der Waals surface area (Å²) in [5.74, 6) is 0.841. The van der Waals surface area contributed by atoms with Gasteiger partial charge < -0.3 is 14.5 Å². The maximum absolute atomic E-state index is 12.8. The number of aryl methyl sites for hydroxylation is 1. The quantitative estimate of drug-likeness (QED) is 0.798. The lowest BCUT2D eigenvalue weighted by atomic mass is 9.87. The zero-order valence-corrected chi connectivity index (χ0v) is 13.7. The van der Waals surface area contributed by atoms with E-state index in [0.717, 1.165) is 30.5 Å². The number of carbonyl (C=O) groups is 1. The zero-order valence-electron chi connectivity index (χ0n) is 13.7. The van der Waals surface area contributed by atoms with Gasteiger partial charge in [-0.3, -0.25) is 4.79 Å². The van der Waals surface area contributed by atoms with Crippen LogP contribution in [0.1, 0.15) is 40.5 Å². The summed E-state index contributed by atoms with van der Waals surface area (Å²) in [7, 11) is 1.68. The minimum Gasteiger partial charge on any atom is -0.497 e. The van der Waals surface area contributed by atoms with Crippen molar-refractivity contribution in [3.63, 3.8) is 0 Å². The van der Waals surface area contributed by atoms with Crippen molar-refractivity contribution in [2.75, 3.05) is 7.11 Å². The summed E-state index contributed by atoms with van der Waals surface area (Å²) in [5, 5.41) is 3.21. The van der Waals surface area contributed by atoms with Gasteiger partial charge in [-0.15, -0.1) is 0 Å². The Labute approximate surface area is 141 Å². The normalized spacial score (nSPS) is 16.6. The van der Waals surface area contributed by atoms with Crippen LogP contribution in [0.5, 0.6) is 5.75 Å². The number of carbonyl (C=O) groups excluding carboxylic acids is 1. The van der Waals surface area contributed by atoms with Gasteiger partial charge in [0.2, 0.25) is 0 Å². The first kappa shape index (κ1) is 14.8. The van der Waals surface area contributed by atoms with Gasteiger partial charge in [0.05, 0.1) is 13.2 Å². The Morgan fingerprint density at radius 3 is 3.00 bits per heavy atom. The Kier molecular flexibility index (Phi) is 3.73. The van der Waals surface area contributed by atoms with Gasteiger partial charge in [-0.1, -0.05) is 12.1 Å². The van der Waals surface area contributed by atoms with E-state index in [2.05, 4.69) is 17.4 Å². The predicted molar refractivity (Wildman–Crippen MR) is 93.5 cm³/mol. The number of pyridine rings is 1. The lowest BCUT2D eigenvalue weighted by Gasteiger charge is -2.26. The molecule has 0 fully saturated rings. The van der Waals surface area contributed by atoms with Crippen LogP contribution in [-0.2, 0) is 6.42 Å². The molecule has 1 aromatic carbocycles. The van der Waals surface area contributed by atoms with E-state index < -0.39 is 0 Å². The number of rotatable bonds is 3. The molecule has 4 rings (SSSR count). The molecular weight excluding hydrogens is 300 g/mol. The molecule has 2 heterocycles. The van der Waals surface area contributed by atoms with Gasteiger partial charge in [0.25, 0.3) is 5.91 Å². The number of amides is 1. The second kappa shape index (κ2) is 6.04. The van der Waals surface area contributed by atoms with Crippen molar-refractivity contribution in [1.29, 1.82) is 0 Å². The Balaban J connectivity index is 1.61. The molecule has 4 heteroatoms. The molecule has 4 nitrogen and oxygen atoms in total. The highest BCUT2D eigenvalue weighted by atomic mass is 16.5. The van der Waals surface area contributed by atoms with Crippen molar-refractivity contribution >= 4 is 11.4 Å². The van der Waals surface area contributed by atoms with Crippen molar-refractivity contribution < 1.29 is 9.53 Å². The average Bonchev–Trinajstić information content (AvgIpc) is 3.05. The van der Waals surface area contributed by atoms with E-state index in [1.165, 1.54) is 11.1 Å². The summed E-state index contributed by atoms with van der Waals surface area (Å²) in [6, 6.07) is 15.9. The zero-order chi connectivity index (χ0) is 16.5. The highest BCUT2D eigenvalue weighted by molar-refractivity contribution is 5.94. The Hall–Kier alpha value is -2.75. The molecule has 3 aromatic rings. The number of hydrogen-bond donors (Lipinski definition) is 1. The Morgan fingerprint density at radius 2 is 2.12 bits per heavy atom. The highest BCUT2D eigenvalue weighted by Crippen LogP contribution is 2.32. The highest BCUT2D eigenvalue weighted by Gasteiger charge is 2.23. The largest absolute Gasteiger partial charge is 0.497 e. The number of aromatic nitrogens is 1. The number of nitrogens with one attached hydrogen (secondary N) is 1. The molecule has 0 saturated carbocycles. The molecule has 1 atom stereocenters. The minimum atomic E-state index is -0.0325. The second-order valence-electron chi connectivity index (χ2n) is 6.20. The first-order valence-corrected chi connectivity index (χ1v) is 8.30. The van der Waals surface area contributed by atoms with E-state index in [-0.39, 0.29) is 11.9 Å². The third-order valence-corrected chi connectivity index (χ3v) is 4.77. The van der Waals surface area contributed by atoms with E-state index in [9.17, 15) is 4.79 Å². The van der Waals surface area contributed by atoms with E-state index >= 15 is 0 Å². The van der Waals surface area contributed by atoms with Gasteiger partial charge in [0.15, 0.2) is 0 Å². The fourth-order valence-electron chi connectivity index (χ4n) is 3.54. The second-order valence-corrected chi connectivity index (χ2v) is 6.20. The number of nitrogens with zero attached hydrogens (tertiary/aromatic N) is 1. The summed E-state index contributed by atoms with van der Waals surface area (Å²) in [6.07, 6.45) is 4.99. The molecule has 1 N–H and O–H groups in total. The van der Waals surface area contributed by atoms with Crippen LogP contribution in [0.4, 0.5) is 0 Å². The molecule has 122 valence electrons. The summed E-state index contributed by atoms with van der Waals surface area (Å²) < 4.78 is 7.24. The molecule has 0 aliphatic heterocycles. The van der Waals surface area contributed by atoms with Crippen LogP contribution < -0.4 is 10.1 Å². The monoisotopic (exact) mass is 320 g/mol. The molecule has 0 bridgehead atoms. The SMILES string of the molecule is COc1ccc2c(c1)CCCC2NC(=O)c1ccc2ccccn12. The minimum absolute atomic E-state index is 0.0325. The molecule has 0 radical (unpaired) electrons. The number of ether oxygens (including phenoxy) is 1. The molecule has 1 unspecified atom stereocenters. The lowest BCUT2D eigenvalue weighted by molar-refractivity contribution is 0.0927. The summed E-state index contributed by atoms with van der Waals surface area (Å²) in [4.78, 5) is 12.8. The van der Waals surface area contributed by atoms with Crippen LogP contribution in [-0.4, -0.2) is 17.4 Å². The topological polar surface area (TPSA) is 42.7 Å². The molecule has 1 aliphatic rings. The Morgan fingerprint density at radius 1 is 1.21 bits per heavy atom. The standard InChI is InChI=1S/C20H20N2O2/c1-24-16-9-10-17-14(13-16)5-4-7-18(17)21-20(23)19-11-8-15-6-2-3-12-22(15)19/h2-3,6,8-13,18H,4-5,7H2,1H3,(H,21,23). The summed E-state index contributed by atoms with van der Waals surface area (Å²) in [6.45, 7) is 0. The van der Waals surface area contributed by atoms with Gasteiger partial charge in [0, 0.05) is 11.7 Å². The number of methoxy groups -OCH3 is 1. The molecular formula is C20H20N2O2. The van der Waals surface area contributed by atoms with Crippen molar-refractivity contribution in [2.24, 2.45) is 0 Å². The van der Waals surface area contributed by atoms with Crippen molar-refractivity contribution in [3.05, 3.63) is 71.5 Å². The summed E-state index contributed by atoms with van der Waals surface area (Å²) >= 11 is 0. The fraction of sp³-hybridized carbons (Fsp3) is 0.250. The van der Waals surface area contributed by atoms with E-state index in [4.69, 9.17) is 4.74 Å². The molecule has 24 heavy (non-hydrogen) atoms. The average molecular weight is 320 g/mol. The predicted octanol–water partition coefficient (Wildman–Crippen LogP) is 3.76. The van der Waals surface area contributed by atoms with Gasteiger partial charge in [-0.25, -0.2) is 0 Å². The van der Waals surface area contributed by atoms with Crippen LogP contribution >= 0.6 is 0 Å². The third kappa shape index (κ3) is 2.54. The van der Waals surface area contributed by atoms with Gasteiger partial charge in [-0.2, -0.15) is 0 Å². The maximum atomic E-state index is 12.8. The fourth-order valence-corrected chi connectivity index (χ4v) is 3.54. The van der Waals surface area contributed by atoms with E-state index in [1.54, 1.807) is 7.11 Å². The van der Waals surface area contributed by atoms with Crippen LogP contribution in [0.2, 0.25) is 0 Å². The summed E-state index contributed by atoms with van der Waals surface area (Å²) in [5.41, 5.74) is 4.17. The lowest BCUT2D eigenvalue weighted by Crippen LogP contribution is -2.31. The van der Waals surface area contributed by atoms with Crippen LogP contribution in [0, 0.1) is 0 Å². The van der Waals surface area contributed by atoms with Crippen molar-refractivity contribution in [3.8, 4) is 5.75 Å². The van der Waals surface area contributed by atoms with E-state index in [0.29, 0.717) is 5.69 Å². The molecule has 1 amide bonds. The molecule has 0 saturated heterocycles. The van der Waals surface area contributed by atoms with Gasteiger partial charge in [-0.05, 0) is 66.8 Å². The van der Waals surface area contributed by atoms with Crippen LogP contribution in [0.25, 0.3) is 5.52 Å². The van der Waals surface area contributed by atoms with E-state index in [1.807, 2.05) is 47.0 Å². The number of hydrogen-bond acceptors (Lipinski definition) is 2. The first-order chi connectivity index (χ1) is 11.8. The van der Waals surface area contributed by atoms with Gasteiger partial charge in [0.1, 0.15) is 11.4 Å². The maximum Gasteiger partial charge on any atom is 0.268 e. The van der Waals surface area contributed by atoms with Crippen LogP contribution in [0.15, 0.2) is 54.7 Å². The Bertz CT molecular complexity index is 898. The number of benzene rings is 1.